The van der Waals surface area contributed by atoms with Crippen LogP contribution >= 0.6 is 0 Å². The first-order valence-corrected chi connectivity index (χ1v) is 11.1. The molecular weight excluding hydrogens is 438 g/mol. The Bertz CT molecular complexity index is 1420. The van der Waals surface area contributed by atoms with Gasteiger partial charge in [0.25, 0.3) is 5.56 Å². The third-order valence-corrected chi connectivity index (χ3v) is 6.44. The summed E-state index contributed by atoms with van der Waals surface area (Å²) in [6, 6.07) is 9.33. The number of hydrogen-bond donors (Lipinski definition) is 2. The van der Waals surface area contributed by atoms with Crippen LogP contribution in [0.1, 0.15) is 49.4 Å². The summed E-state index contributed by atoms with van der Waals surface area (Å²) in [5, 5.41) is 25.3. The van der Waals surface area contributed by atoms with Gasteiger partial charge in [0.2, 0.25) is 0 Å². The van der Waals surface area contributed by atoms with Crippen LogP contribution in [0.5, 0.6) is 0 Å². The summed E-state index contributed by atoms with van der Waals surface area (Å²) in [5.74, 6) is -0.749. The molecule has 0 amide bonds. The van der Waals surface area contributed by atoms with Crippen LogP contribution in [-0.4, -0.2) is 44.2 Å². The van der Waals surface area contributed by atoms with Crippen LogP contribution in [0.2, 0.25) is 0 Å². The number of cyclic esters (lactones) is 1. The minimum Gasteiger partial charge on any atom is -0.458 e. The maximum absolute atomic E-state index is 13.3. The highest BCUT2D eigenvalue weighted by Crippen LogP contribution is 2.38. The standard InChI is InChI=1S/C25H25N3O6/c1-4-25(32)18-9-19-21-16(11-28(19)22(30)17(18)12-33-23(25)31)8-14-6-5-7-15(20(14)27-21)10-26-34-24(2,3)13-29/h5-10,29,32H,4,11-13H2,1-3H3/b26-10+/t25-/m0/s1. The normalized spacial score (nSPS) is 19.1. The van der Waals surface area contributed by atoms with Crippen LogP contribution in [0.4, 0.5) is 0 Å². The van der Waals surface area contributed by atoms with Gasteiger partial charge in [-0.3, -0.25) is 4.79 Å². The number of aromatic nitrogens is 2. The summed E-state index contributed by atoms with van der Waals surface area (Å²) in [4.78, 5) is 35.9. The van der Waals surface area contributed by atoms with Gasteiger partial charge in [0.1, 0.15) is 6.61 Å². The Balaban J connectivity index is 1.65. The van der Waals surface area contributed by atoms with Gasteiger partial charge >= 0.3 is 5.97 Å². The Labute approximate surface area is 195 Å². The van der Waals surface area contributed by atoms with E-state index in [-0.39, 0.29) is 30.8 Å². The zero-order valence-electron chi connectivity index (χ0n) is 19.2. The van der Waals surface area contributed by atoms with E-state index in [4.69, 9.17) is 14.6 Å². The van der Waals surface area contributed by atoms with E-state index in [0.29, 0.717) is 34.6 Å². The highest BCUT2D eigenvalue weighted by molar-refractivity contribution is 5.98. The molecule has 2 N–H and O–H groups in total. The fourth-order valence-electron chi connectivity index (χ4n) is 4.39. The molecule has 4 heterocycles. The smallest absolute Gasteiger partial charge is 0.343 e. The minimum atomic E-state index is -1.86. The number of esters is 1. The first kappa shape index (κ1) is 22.2. The SMILES string of the molecule is CC[C@@]1(O)C(=O)OCc2c1cc1n(c2=O)Cc2cc3cccc(/C=N/OC(C)(C)CO)c3nc2-1. The van der Waals surface area contributed by atoms with Crippen molar-refractivity contribution in [3.8, 4) is 11.4 Å². The zero-order valence-corrected chi connectivity index (χ0v) is 19.2. The van der Waals surface area contributed by atoms with Crippen LogP contribution in [0, 0.1) is 0 Å². The van der Waals surface area contributed by atoms with E-state index in [1.807, 2.05) is 24.3 Å². The Morgan fingerprint density at radius 3 is 2.85 bits per heavy atom. The molecule has 176 valence electrons. The van der Waals surface area contributed by atoms with Gasteiger partial charge in [0.15, 0.2) is 11.2 Å². The molecule has 0 spiro atoms. The predicted octanol–water partition coefficient (Wildman–Crippen LogP) is 2.20. The molecule has 9 nitrogen and oxygen atoms in total. The number of para-hydroxylation sites is 1. The van der Waals surface area contributed by atoms with Crippen LogP contribution in [0.25, 0.3) is 22.3 Å². The number of hydrogen-bond acceptors (Lipinski definition) is 8. The molecule has 0 aliphatic carbocycles. The summed E-state index contributed by atoms with van der Waals surface area (Å²) in [6.07, 6.45) is 1.63. The number of carbonyl (C=O) groups is 1. The van der Waals surface area contributed by atoms with Crippen molar-refractivity contribution in [1.29, 1.82) is 0 Å². The van der Waals surface area contributed by atoms with Gasteiger partial charge in [0, 0.05) is 22.1 Å². The molecular formula is C25H25N3O6. The van der Waals surface area contributed by atoms with E-state index < -0.39 is 17.2 Å². The molecule has 0 saturated heterocycles. The fourth-order valence-corrected chi connectivity index (χ4v) is 4.39. The van der Waals surface area contributed by atoms with Gasteiger partial charge in [-0.2, -0.15) is 0 Å². The molecule has 1 atom stereocenters. The van der Waals surface area contributed by atoms with E-state index in [1.54, 1.807) is 37.6 Å². The lowest BCUT2D eigenvalue weighted by atomic mass is 9.86. The average Bonchev–Trinajstić information content (AvgIpc) is 3.18. The molecule has 5 rings (SSSR count). The van der Waals surface area contributed by atoms with Crippen molar-refractivity contribution < 1.29 is 24.6 Å². The number of nitrogens with zero attached hydrogens (tertiary/aromatic N) is 3. The van der Waals surface area contributed by atoms with Crippen LogP contribution < -0.4 is 5.56 Å². The highest BCUT2D eigenvalue weighted by atomic mass is 16.7. The third kappa shape index (κ3) is 3.31. The molecule has 0 saturated carbocycles. The summed E-state index contributed by atoms with van der Waals surface area (Å²) < 4.78 is 6.72. The van der Waals surface area contributed by atoms with Crippen LogP contribution in [0.15, 0.2) is 40.3 Å². The first-order valence-electron chi connectivity index (χ1n) is 11.1. The lowest BCUT2D eigenvalue weighted by Gasteiger charge is -2.31. The van der Waals surface area contributed by atoms with Crippen molar-refractivity contribution in [1.82, 2.24) is 9.55 Å². The Morgan fingerprint density at radius 1 is 1.32 bits per heavy atom. The Kier molecular flexibility index (Phi) is 5.07. The number of aliphatic hydroxyl groups excluding tert-OH is 1. The quantitative estimate of drug-likeness (QED) is 0.264. The third-order valence-electron chi connectivity index (χ3n) is 6.44. The summed E-state index contributed by atoms with van der Waals surface area (Å²) in [5.41, 5.74) is 1.01. The average molecular weight is 463 g/mol. The van der Waals surface area contributed by atoms with Crippen molar-refractivity contribution in [2.45, 2.75) is 51.5 Å². The maximum atomic E-state index is 13.3. The van der Waals surface area contributed by atoms with Gasteiger partial charge in [-0.05, 0) is 32.4 Å². The van der Waals surface area contributed by atoms with Gasteiger partial charge in [0.05, 0.1) is 41.8 Å². The van der Waals surface area contributed by atoms with E-state index in [2.05, 4.69) is 5.16 Å². The largest absolute Gasteiger partial charge is 0.458 e. The second kappa shape index (κ2) is 7.75. The van der Waals surface area contributed by atoms with Crippen LogP contribution in [-0.2, 0) is 33.1 Å². The molecule has 34 heavy (non-hydrogen) atoms. The number of rotatable bonds is 5. The molecule has 0 radical (unpaired) electrons. The molecule has 3 aromatic rings. The summed E-state index contributed by atoms with van der Waals surface area (Å²) in [7, 11) is 0. The summed E-state index contributed by atoms with van der Waals surface area (Å²) >= 11 is 0. The monoisotopic (exact) mass is 463 g/mol. The molecule has 9 heteroatoms. The maximum Gasteiger partial charge on any atom is 0.343 e. The lowest BCUT2D eigenvalue weighted by Crippen LogP contribution is -2.44. The molecule has 0 unspecified atom stereocenters. The van der Waals surface area contributed by atoms with Crippen molar-refractivity contribution in [2.24, 2.45) is 5.16 Å². The first-order chi connectivity index (χ1) is 16.2. The Morgan fingerprint density at radius 2 is 2.12 bits per heavy atom. The van der Waals surface area contributed by atoms with Gasteiger partial charge in [-0.15, -0.1) is 0 Å². The number of benzene rings is 1. The molecule has 0 fully saturated rings. The van der Waals surface area contributed by atoms with Crippen LogP contribution in [0.3, 0.4) is 0 Å². The number of carbonyl (C=O) groups excluding carboxylic acids is 1. The molecule has 2 aliphatic heterocycles. The number of oxime groups is 1. The topological polar surface area (TPSA) is 123 Å². The van der Waals surface area contributed by atoms with E-state index >= 15 is 0 Å². The van der Waals surface area contributed by atoms with Crippen molar-refractivity contribution >= 4 is 23.1 Å². The molecule has 2 aliphatic rings. The van der Waals surface area contributed by atoms with Gasteiger partial charge in [-0.25, -0.2) is 9.78 Å². The molecule has 1 aromatic carbocycles. The van der Waals surface area contributed by atoms with E-state index in [1.165, 1.54) is 0 Å². The zero-order chi connectivity index (χ0) is 24.3. The number of pyridine rings is 2. The molecule has 0 bridgehead atoms. The van der Waals surface area contributed by atoms with Crippen molar-refractivity contribution in [3.05, 3.63) is 62.9 Å². The number of fused-ring (bicyclic) bond motifs is 5. The van der Waals surface area contributed by atoms with Crippen molar-refractivity contribution in [2.75, 3.05) is 6.61 Å². The van der Waals surface area contributed by atoms with Crippen molar-refractivity contribution in [3.63, 3.8) is 0 Å². The molecule has 2 aromatic heterocycles. The lowest BCUT2D eigenvalue weighted by molar-refractivity contribution is -0.172. The highest BCUT2D eigenvalue weighted by Gasteiger charge is 2.45. The predicted molar refractivity (Wildman–Crippen MR) is 124 cm³/mol. The second-order valence-electron chi connectivity index (χ2n) is 9.26. The summed E-state index contributed by atoms with van der Waals surface area (Å²) in [6.45, 7) is 5.12. The van der Waals surface area contributed by atoms with E-state index in [0.717, 1.165) is 10.9 Å². The van der Waals surface area contributed by atoms with Gasteiger partial charge < -0.3 is 24.4 Å². The minimum absolute atomic E-state index is 0.0878. The number of aliphatic hydroxyl groups is 2. The van der Waals surface area contributed by atoms with Gasteiger partial charge in [-0.1, -0.05) is 30.3 Å². The number of ether oxygens (including phenoxy) is 1. The van der Waals surface area contributed by atoms with E-state index in [9.17, 15) is 19.8 Å². The Hall–Kier alpha value is -3.56. The second-order valence-corrected chi connectivity index (χ2v) is 9.26. The fraction of sp³-hybridized carbons (Fsp3) is 0.360.